The lowest BCUT2D eigenvalue weighted by molar-refractivity contribution is 0.219. The Balaban J connectivity index is 2.44. The van der Waals surface area contributed by atoms with Crippen molar-refractivity contribution in [2.24, 2.45) is 0 Å². The number of nitrogen functional groups attached to an aromatic ring is 1. The van der Waals surface area contributed by atoms with E-state index in [4.69, 9.17) is 5.73 Å². The molecule has 0 saturated carbocycles. The van der Waals surface area contributed by atoms with Crippen molar-refractivity contribution in [1.29, 1.82) is 0 Å². The molecule has 1 atom stereocenters. The number of aryl methyl sites for hydroxylation is 2. The lowest BCUT2D eigenvalue weighted by atomic mass is 9.94. The molecule has 0 aliphatic heterocycles. The van der Waals surface area contributed by atoms with Crippen molar-refractivity contribution in [2.45, 2.75) is 26.9 Å². The van der Waals surface area contributed by atoms with E-state index in [9.17, 15) is 5.11 Å². The standard InChI is InChI=1S/C16H19NO/c1-10-7-8-13(9-11(10)2)16(18)14-5-4-6-15(17)12(14)3/h4-9,16,18H,17H2,1-3H3/t16-/m1/s1. The average molecular weight is 241 g/mol. The minimum atomic E-state index is -0.618. The number of aliphatic hydroxyl groups is 1. The first-order valence-corrected chi connectivity index (χ1v) is 6.11. The van der Waals surface area contributed by atoms with Gasteiger partial charge in [-0.3, -0.25) is 0 Å². The molecule has 0 saturated heterocycles. The highest BCUT2D eigenvalue weighted by Crippen LogP contribution is 2.28. The summed E-state index contributed by atoms with van der Waals surface area (Å²) in [6.07, 6.45) is -0.618. The maximum Gasteiger partial charge on any atom is 0.104 e. The molecule has 0 aliphatic carbocycles. The van der Waals surface area contributed by atoms with Crippen LogP contribution >= 0.6 is 0 Å². The van der Waals surface area contributed by atoms with Crippen molar-refractivity contribution < 1.29 is 5.11 Å². The first kappa shape index (κ1) is 12.7. The summed E-state index contributed by atoms with van der Waals surface area (Å²) >= 11 is 0. The Morgan fingerprint density at radius 3 is 2.39 bits per heavy atom. The number of benzene rings is 2. The lowest BCUT2D eigenvalue weighted by Gasteiger charge is -2.16. The summed E-state index contributed by atoms with van der Waals surface area (Å²) in [5.74, 6) is 0. The van der Waals surface area contributed by atoms with Gasteiger partial charge < -0.3 is 10.8 Å². The van der Waals surface area contributed by atoms with Gasteiger partial charge in [-0.15, -0.1) is 0 Å². The van der Waals surface area contributed by atoms with Crippen LogP contribution in [-0.4, -0.2) is 5.11 Å². The molecule has 2 aromatic carbocycles. The van der Waals surface area contributed by atoms with Crippen molar-refractivity contribution in [3.63, 3.8) is 0 Å². The quantitative estimate of drug-likeness (QED) is 0.793. The molecule has 0 unspecified atom stereocenters. The van der Waals surface area contributed by atoms with E-state index in [2.05, 4.69) is 13.8 Å². The maximum absolute atomic E-state index is 10.5. The van der Waals surface area contributed by atoms with E-state index in [1.165, 1.54) is 11.1 Å². The van der Waals surface area contributed by atoms with E-state index in [-0.39, 0.29) is 0 Å². The molecule has 2 nitrogen and oxygen atoms in total. The van der Waals surface area contributed by atoms with Gasteiger partial charge in [-0.25, -0.2) is 0 Å². The first-order valence-electron chi connectivity index (χ1n) is 6.11. The molecule has 0 bridgehead atoms. The number of aliphatic hydroxyl groups excluding tert-OH is 1. The predicted molar refractivity (Wildman–Crippen MR) is 75.6 cm³/mol. The summed E-state index contributed by atoms with van der Waals surface area (Å²) in [4.78, 5) is 0. The second kappa shape index (κ2) is 4.83. The molecule has 2 aromatic rings. The zero-order chi connectivity index (χ0) is 13.3. The van der Waals surface area contributed by atoms with Crippen LogP contribution < -0.4 is 5.73 Å². The summed E-state index contributed by atoms with van der Waals surface area (Å²) in [5.41, 5.74) is 11.7. The molecular formula is C16H19NO. The van der Waals surface area contributed by atoms with Gasteiger partial charge in [0.2, 0.25) is 0 Å². The topological polar surface area (TPSA) is 46.2 Å². The highest BCUT2D eigenvalue weighted by Gasteiger charge is 2.14. The predicted octanol–water partition coefficient (Wildman–Crippen LogP) is 3.28. The molecule has 0 aromatic heterocycles. The molecule has 0 heterocycles. The fourth-order valence-corrected chi connectivity index (χ4v) is 2.08. The van der Waals surface area contributed by atoms with Crippen LogP contribution in [0.5, 0.6) is 0 Å². The maximum atomic E-state index is 10.5. The Bertz CT molecular complexity index is 575. The molecule has 0 aliphatic rings. The zero-order valence-electron chi connectivity index (χ0n) is 11.1. The third-order valence-corrected chi connectivity index (χ3v) is 3.56. The summed E-state index contributed by atoms with van der Waals surface area (Å²) in [6.45, 7) is 6.06. The van der Waals surface area contributed by atoms with Gasteiger partial charge in [0.15, 0.2) is 0 Å². The molecule has 0 fully saturated rings. The molecule has 0 amide bonds. The van der Waals surface area contributed by atoms with E-state index in [1.807, 2.05) is 43.3 Å². The van der Waals surface area contributed by atoms with Gasteiger partial charge >= 0.3 is 0 Å². The van der Waals surface area contributed by atoms with Crippen molar-refractivity contribution >= 4 is 5.69 Å². The van der Waals surface area contributed by atoms with Crippen LogP contribution in [0.2, 0.25) is 0 Å². The van der Waals surface area contributed by atoms with Crippen LogP contribution in [-0.2, 0) is 0 Å². The smallest absolute Gasteiger partial charge is 0.104 e. The van der Waals surface area contributed by atoms with Gasteiger partial charge in [0, 0.05) is 5.69 Å². The van der Waals surface area contributed by atoms with Crippen LogP contribution in [0.4, 0.5) is 5.69 Å². The van der Waals surface area contributed by atoms with Crippen molar-refractivity contribution in [2.75, 3.05) is 5.73 Å². The molecule has 0 radical (unpaired) electrons. The monoisotopic (exact) mass is 241 g/mol. The van der Waals surface area contributed by atoms with Crippen LogP contribution in [0.3, 0.4) is 0 Å². The number of rotatable bonds is 2. The third-order valence-electron chi connectivity index (χ3n) is 3.56. The third kappa shape index (κ3) is 2.24. The van der Waals surface area contributed by atoms with Gasteiger partial charge in [-0.05, 0) is 54.7 Å². The summed E-state index contributed by atoms with van der Waals surface area (Å²) < 4.78 is 0. The minimum Gasteiger partial charge on any atom is -0.399 e. The Hall–Kier alpha value is -1.80. The van der Waals surface area contributed by atoms with E-state index < -0.39 is 6.10 Å². The van der Waals surface area contributed by atoms with Crippen LogP contribution in [0.1, 0.15) is 33.9 Å². The Morgan fingerprint density at radius 2 is 1.72 bits per heavy atom. The highest BCUT2D eigenvalue weighted by molar-refractivity contribution is 5.52. The summed E-state index contributed by atoms with van der Waals surface area (Å²) in [5, 5.41) is 10.5. The number of nitrogens with two attached hydrogens (primary N) is 1. The van der Waals surface area contributed by atoms with E-state index >= 15 is 0 Å². The number of hydrogen-bond donors (Lipinski definition) is 2. The van der Waals surface area contributed by atoms with Crippen molar-refractivity contribution in [3.8, 4) is 0 Å². The molecule has 2 rings (SSSR count). The van der Waals surface area contributed by atoms with E-state index in [0.717, 1.165) is 22.4 Å². The second-order valence-electron chi connectivity index (χ2n) is 4.81. The van der Waals surface area contributed by atoms with Gasteiger partial charge in [0.05, 0.1) is 0 Å². The highest BCUT2D eigenvalue weighted by atomic mass is 16.3. The van der Waals surface area contributed by atoms with Crippen LogP contribution in [0, 0.1) is 20.8 Å². The molecular weight excluding hydrogens is 222 g/mol. The van der Waals surface area contributed by atoms with Gasteiger partial charge in [0.25, 0.3) is 0 Å². The molecule has 2 heteroatoms. The Kier molecular flexibility index (Phi) is 3.39. The summed E-state index contributed by atoms with van der Waals surface area (Å²) in [7, 11) is 0. The first-order chi connectivity index (χ1) is 8.50. The SMILES string of the molecule is Cc1ccc([C@@H](O)c2cccc(N)c2C)cc1C. The molecule has 3 N–H and O–H groups in total. The van der Waals surface area contributed by atoms with E-state index in [0.29, 0.717) is 0 Å². The van der Waals surface area contributed by atoms with Crippen LogP contribution in [0.15, 0.2) is 36.4 Å². The second-order valence-corrected chi connectivity index (χ2v) is 4.81. The number of hydrogen-bond acceptors (Lipinski definition) is 2. The minimum absolute atomic E-state index is 0.618. The fourth-order valence-electron chi connectivity index (χ4n) is 2.08. The normalized spacial score (nSPS) is 12.4. The van der Waals surface area contributed by atoms with E-state index in [1.54, 1.807) is 0 Å². The van der Waals surface area contributed by atoms with Crippen LogP contribution in [0.25, 0.3) is 0 Å². The number of anilines is 1. The molecule has 94 valence electrons. The Labute approximate surface area is 108 Å². The van der Waals surface area contributed by atoms with Crippen molar-refractivity contribution in [3.05, 3.63) is 64.2 Å². The fraction of sp³-hybridized carbons (Fsp3) is 0.250. The lowest BCUT2D eigenvalue weighted by Crippen LogP contribution is -2.04. The van der Waals surface area contributed by atoms with Gasteiger partial charge in [-0.2, -0.15) is 0 Å². The average Bonchev–Trinajstić information content (AvgIpc) is 2.35. The van der Waals surface area contributed by atoms with Crippen molar-refractivity contribution in [1.82, 2.24) is 0 Å². The zero-order valence-corrected chi connectivity index (χ0v) is 11.1. The molecule has 0 spiro atoms. The summed E-state index contributed by atoms with van der Waals surface area (Å²) in [6, 6.07) is 11.7. The van der Waals surface area contributed by atoms with Gasteiger partial charge in [-0.1, -0.05) is 30.3 Å². The molecule has 18 heavy (non-hydrogen) atoms. The largest absolute Gasteiger partial charge is 0.399 e. The van der Waals surface area contributed by atoms with Gasteiger partial charge in [0.1, 0.15) is 6.10 Å². The Morgan fingerprint density at radius 1 is 1.00 bits per heavy atom.